The molecule has 0 aliphatic rings. The molecule has 106 valence electrons. The molecule has 0 N–H and O–H groups in total. The number of hydrogen-bond acceptors (Lipinski definition) is 5. The van der Waals surface area contributed by atoms with Crippen LogP contribution in [0.1, 0.15) is 0 Å². The summed E-state index contributed by atoms with van der Waals surface area (Å²) >= 11 is 2.64. The number of alkyl halides is 3. The molecule has 1 aromatic carbocycles. The first-order valence-electron chi connectivity index (χ1n) is 4.11. The molecule has 0 spiro atoms. The van der Waals surface area contributed by atoms with Gasteiger partial charge in [0.2, 0.25) is 5.75 Å². The maximum absolute atomic E-state index is 12.2. The van der Waals surface area contributed by atoms with E-state index in [2.05, 4.69) is 20.7 Å². The van der Waals surface area contributed by atoms with Crippen molar-refractivity contribution in [1.29, 1.82) is 0 Å². The zero-order valence-corrected chi connectivity index (χ0v) is 11.6. The Bertz CT molecular complexity index is 632. The maximum atomic E-state index is 12.2. The van der Waals surface area contributed by atoms with E-state index in [9.17, 15) is 31.7 Å². The molecule has 6 nitrogen and oxygen atoms in total. The number of nitro groups is 1. The highest BCUT2D eigenvalue weighted by Gasteiger charge is 2.39. The molecule has 0 unspecified atom stereocenters. The average Bonchev–Trinajstić information content (AvgIpc) is 2.11. The number of rotatable bonds is 3. The highest BCUT2D eigenvalue weighted by molar-refractivity contribution is 9.10. The lowest BCUT2D eigenvalue weighted by Crippen LogP contribution is -2.19. The lowest BCUT2D eigenvalue weighted by atomic mass is 10.3. The molecule has 0 radical (unpaired) electrons. The topological polar surface area (TPSA) is 86.5 Å². The van der Waals surface area contributed by atoms with Crippen LogP contribution in [-0.4, -0.2) is 19.7 Å². The van der Waals surface area contributed by atoms with Gasteiger partial charge in [0.05, 0.1) is 4.92 Å². The minimum absolute atomic E-state index is 0.396. The molecule has 0 heterocycles. The second-order valence-corrected chi connectivity index (χ2v) is 6.32. The first-order chi connectivity index (χ1) is 8.43. The predicted octanol–water partition coefficient (Wildman–Crippen LogP) is 3.18. The fourth-order valence-corrected chi connectivity index (χ4v) is 3.47. The number of halogens is 5. The molecule has 0 aromatic heterocycles. The number of benzene rings is 1. The fourth-order valence-electron chi connectivity index (χ4n) is 1.11. The van der Waals surface area contributed by atoms with Crippen LogP contribution in [-0.2, 0) is 9.05 Å². The van der Waals surface area contributed by atoms with Crippen LogP contribution in [0, 0.1) is 10.1 Å². The normalized spacial score (nSPS) is 12.3. The van der Waals surface area contributed by atoms with E-state index in [4.69, 9.17) is 10.7 Å². The lowest BCUT2D eigenvalue weighted by molar-refractivity contribution is -0.389. The SMILES string of the molecule is O=[N+]([O-])c1ccc(Br)c(S(=O)(=O)Cl)c1OC(F)(F)F. The van der Waals surface area contributed by atoms with E-state index in [1.54, 1.807) is 0 Å². The highest BCUT2D eigenvalue weighted by atomic mass is 79.9. The van der Waals surface area contributed by atoms with Crippen molar-refractivity contribution in [2.75, 3.05) is 0 Å². The summed E-state index contributed by atoms with van der Waals surface area (Å²) in [5.41, 5.74) is -1.18. The quantitative estimate of drug-likeness (QED) is 0.454. The smallest absolute Gasteiger partial charge is 0.397 e. The van der Waals surface area contributed by atoms with Gasteiger partial charge in [0.25, 0.3) is 9.05 Å². The van der Waals surface area contributed by atoms with E-state index in [1.807, 2.05) is 0 Å². The largest absolute Gasteiger partial charge is 0.573 e. The van der Waals surface area contributed by atoms with Gasteiger partial charge in [-0.1, -0.05) is 0 Å². The molecule has 0 fully saturated rings. The molecule has 19 heavy (non-hydrogen) atoms. The Morgan fingerprint density at radius 2 is 1.89 bits per heavy atom. The van der Waals surface area contributed by atoms with E-state index in [-0.39, 0.29) is 0 Å². The Kier molecular flexibility index (Phi) is 4.32. The Hall–Kier alpha value is -1.07. The van der Waals surface area contributed by atoms with E-state index < -0.39 is 41.1 Å². The van der Waals surface area contributed by atoms with Crippen LogP contribution in [0.2, 0.25) is 0 Å². The molecule has 0 saturated carbocycles. The summed E-state index contributed by atoms with van der Waals surface area (Å²) in [5, 5.41) is 10.6. The third-order valence-electron chi connectivity index (χ3n) is 1.70. The van der Waals surface area contributed by atoms with Crippen LogP contribution in [0.3, 0.4) is 0 Å². The number of nitrogens with zero attached hydrogens (tertiary/aromatic N) is 1. The van der Waals surface area contributed by atoms with E-state index >= 15 is 0 Å². The average molecular weight is 385 g/mol. The summed E-state index contributed by atoms with van der Waals surface area (Å²) in [6.45, 7) is 0. The second kappa shape index (κ2) is 5.13. The molecule has 0 atom stereocenters. The van der Waals surface area contributed by atoms with Crippen molar-refractivity contribution in [3.05, 3.63) is 26.7 Å². The first-order valence-corrected chi connectivity index (χ1v) is 7.21. The van der Waals surface area contributed by atoms with Crippen LogP contribution in [0.4, 0.5) is 18.9 Å². The molecule has 0 saturated heterocycles. The van der Waals surface area contributed by atoms with Crippen LogP contribution < -0.4 is 4.74 Å². The Morgan fingerprint density at radius 1 is 1.37 bits per heavy atom. The molecule has 0 aliphatic carbocycles. The van der Waals surface area contributed by atoms with Gasteiger partial charge in [-0.25, -0.2) is 8.42 Å². The number of ether oxygens (including phenoxy) is 1. The van der Waals surface area contributed by atoms with Crippen molar-refractivity contribution in [2.24, 2.45) is 0 Å². The third-order valence-corrected chi connectivity index (χ3v) is 3.98. The minimum atomic E-state index is -5.32. The summed E-state index contributed by atoms with van der Waals surface area (Å²) in [6.07, 6.45) is -5.32. The van der Waals surface area contributed by atoms with Crippen molar-refractivity contribution in [3.8, 4) is 5.75 Å². The highest BCUT2D eigenvalue weighted by Crippen LogP contribution is 2.43. The van der Waals surface area contributed by atoms with Crippen molar-refractivity contribution < 1.29 is 31.2 Å². The zero-order chi connectivity index (χ0) is 15.0. The monoisotopic (exact) mass is 383 g/mol. The Labute approximate surface area is 116 Å². The Balaban J connectivity index is 3.70. The van der Waals surface area contributed by atoms with Crippen LogP contribution in [0.15, 0.2) is 21.5 Å². The number of hydrogen-bond donors (Lipinski definition) is 0. The van der Waals surface area contributed by atoms with Gasteiger partial charge in [-0.2, -0.15) is 0 Å². The summed E-state index contributed by atoms with van der Waals surface area (Å²) < 4.78 is 62.0. The van der Waals surface area contributed by atoms with Crippen molar-refractivity contribution in [3.63, 3.8) is 0 Å². The summed E-state index contributed by atoms with van der Waals surface area (Å²) in [7, 11) is 0.250. The van der Waals surface area contributed by atoms with Gasteiger partial charge < -0.3 is 4.74 Å². The molecule has 12 heteroatoms. The van der Waals surface area contributed by atoms with Crippen molar-refractivity contribution in [2.45, 2.75) is 11.3 Å². The molecule has 1 aromatic rings. The van der Waals surface area contributed by atoms with Gasteiger partial charge in [-0.15, -0.1) is 13.2 Å². The standard InChI is InChI=1S/C7H2BrClF3NO5S/c8-3-1-2-4(13(14)15)5(18-7(10,11)12)6(3)19(9,16)17/h1-2H. The Morgan fingerprint density at radius 3 is 2.26 bits per heavy atom. The number of nitro benzene ring substituents is 1. The lowest BCUT2D eigenvalue weighted by Gasteiger charge is -2.12. The molecule has 0 amide bonds. The molecule has 1 rings (SSSR count). The van der Waals surface area contributed by atoms with Crippen LogP contribution in [0.5, 0.6) is 5.75 Å². The molecular weight excluding hydrogens is 382 g/mol. The van der Waals surface area contributed by atoms with Crippen LogP contribution >= 0.6 is 26.6 Å². The summed E-state index contributed by atoms with van der Waals surface area (Å²) in [6, 6.07) is 1.52. The van der Waals surface area contributed by atoms with Gasteiger partial charge in [0.1, 0.15) is 4.90 Å². The van der Waals surface area contributed by atoms with E-state index in [0.717, 1.165) is 6.07 Å². The van der Waals surface area contributed by atoms with Crippen molar-refractivity contribution in [1.82, 2.24) is 0 Å². The summed E-state index contributed by atoms with van der Waals surface area (Å²) in [5.74, 6) is -1.50. The van der Waals surface area contributed by atoms with Gasteiger partial charge >= 0.3 is 12.0 Å². The van der Waals surface area contributed by atoms with Gasteiger partial charge in [0, 0.05) is 21.2 Å². The van der Waals surface area contributed by atoms with Crippen LogP contribution in [0.25, 0.3) is 0 Å². The first kappa shape index (κ1) is 16.0. The predicted molar refractivity (Wildman–Crippen MR) is 60.5 cm³/mol. The second-order valence-electron chi connectivity index (χ2n) is 2.97. The zero-order valence-electron chi connectivity index (χ0n) is 8.44. The molecule has 0 bridgehead atoms. The van der Waals surface area contributed by atoms with E-state index in [0.29, 0.717) is 6.07 Å². The van der Waals surface area contributed by atoms with Gasteiger partial charge in [-0.05, 0) is 22.0 Å². The maximum Gasteiger partial charge on any atom is 0.573 e. The van der Waals surface area contributed by atoms with Crippen molar-refractivity contribution >= 4 is 41.4 Å². The van der Waals surface area contributed by atoms with Gasteiger partial charge in [0.15, 0.2) is 0 Å². The fraction of sp³-hybridized carbons (Fsp3) is 0.143. The molecular formula is C7H2BrClF3NO5S. The van der Waals surface area contributed by atoms with E-state index in [1.165, 1.54) is 0 Å². The third kappa shape index (κ3) is 3.94. The summed E-state index contributed by atoms with van der Waals surface area (Å²) in [4.78, 5) is 8.21. The van der Waals surface area contributed by atoms with Gasteiger partial charge in [-0.3, -0.25) is 10.1 Å². The molecule has 0 aliphatic heterocycles. The minimum Gasteiger partial charge on any atom is -0.397 e.